The Labute approximate surface area is 178 Å². The number of benzene rings is 1. The second-order valence-electron chi connectivity index (χ2n) is 6.49. The summed E-state index contributed by atoms with van der Waals surface area (Å²) in [5.74, 6) is -0.973. The number of aromatic nitrogens is 1. The summed E-state index contributed by atoms with van der Waals surface area (Å²) in [6, 6.07) is 2.22. The van der Waals surface area contributed by atoms with Crippen LogP contribution in [-0.2, 0) is 10.0 Å². The summed E-state index contributed by atoms with van der Waals surface area (Å²) in [6.07, 6.45) is 3.51. The molecule has 1 aromatic heterocycles. The minimum Gasteiger partial charge on any atom is -0.384 e. The molecule has 7 nitrogen and oxygen atoms in total. The Morgan fingerprint density at radius 1 is 1.24 bits per heavy atom. The van der Waals surface area contributed by atoms with Gasteiger partial charge in [-0.1, -0.05) is 22.9 Å². The first-order valence-corrected chi connectivity index (χ1v) is 11.7. The number of unbranched alkanes of at least 4 members (excludes halogenated alkanes) is 1. The maximum atomic E-state index is 14.4. The summed E-state index contributed by atoms with van der Waals surface area (Å²) in [5.41, 5.74) is 5.97. The molecule has 0 amide bonds. The summed E-state index contributed by atoms with van der Waals surface area (Å²) in [4.78, 5) is 2.92. The van der Waals surface area contributed by atoms with Crippen molar-refractivity contribution in [3.63, 3.8) is 0 Å². The minimum absolute atomic E-state index is 0.0622. The van der Waals surface area contributed by atoms with E-state index in [4.69, 9.17) is 17.3 Å². The number of anilines is 2. The molecule has 2 rings (SSSR count). The predicted molar refractivity (Wildman–Crippen MR) is 113 cm³/mol. The van der Waals surface area contributed by atoms with Gasteiger partial charge >= 0.3 is 0 Å². The topological polar surface area (TPSA) is 109 Å². The van der Waals surface area contributed by atoms with Crippen molar-refractivity contribution in [3.05, 3.63) is 34.3 Å². The van der Waals surface area contributed by atoms with Crippen LogP contribution in [-0.4, -0.2) is 39.1 Å². The van der Waals surface area contributed by atoms with Crippen molar-refractivity contribution >= 4 is 43.8 Å². The quantitative estimate of drug-likeness (QED) is 0.356. The molecule has 0 unspecified atom stereocenters. The van der Waals surface area contributed by atoms with Crippen molar-refractivity contribution in [1.82, 2.24) is 10.3 Å². The number of rotatable bonds is 12. The molecule has 0 aliphatic heterocycles. The van der Waals surface area contributed by atoms with E-state index in [9.17, 15) is 17.2 Å². The van der Waals surface area contributed by atoms with E-state index in [0.29, 0.717) is 23.6 Å². The summed E-state index contributed by atoms with van der Waals surface area (Å²) in [7, 11) is -4.29. The van der Waals surface area contributed by atoms with E-state index in [-0.39, 0.29) is 16.2 Å². The van der Waals surface area contributed by atoms with E-state index in [0.717, 1.165) is 50.7 Å². The summed E-state index contributed by atoms with van der Waals surface area (Å²) in [6.45, 7) is 4.22. The van der Waals surface area contributed by atoms with Crippen molar-refractivity contribution in [2.24, 2.45) is 5.73 Å². The number of halogens is 3. The molecule has 0 aliphatic carbocycles. The van der Waals surface area contributed by atoms with Crippen LogP contribution in [0.1, 0.15) is 26.2 Å². The first-order chi connectivity index (χ1) is 13.7. The Balaban J connectivity index is 1.88. The first-order valence-electron chi connectivity index (χ1n) is 9.02. The standard InChI is InChI=1S/C17H24ClF2N5O2S2/c1-11(21)4-7-22-5-2-3-6-23-14-9-13(19)15(8-12(14)18)29(26,27)25-17-24-10-16(20)28-17/h8-11,22-23H,2-7,21H2,1H3,(H,24,25)/t11-/m1/s1. The zero-order valence-electron chi connectivity index (χ0n) is 15.8. The predicted octanol–water partition coefficient (Wildman–Crippen LogP) is 3.39. The monoisotopic (exact) mass is 467 g/mol. The van der Waals surface area contributed by atoms with Gasteiger partial charge < -0.3 is 16.4 Å². The highest BCUT2D eigenvalue weighted by atomic mass is 35.5. The smallest absolute Gasteiger partial charge is 0.266 e. The van der Waals surface area contributed by atoms with Gasteiger partial charge in [0.15, 0.2) is 10.3 Å². The van der Waals surface area contributed by atoms with E-state index in [1.807, 2.05) is 11.6 Å². The van der Waals surface area contributed by atoms with Crippen LogP contribution < -0.4 is 21.1 Å². The molecule has 0 saturated heterocycles. The Morgan fingerprint density at radius 3 is 2.62 bits per heavy atom. The van der Waals surface area contributed by atoms with E-state index >= 15 is 0 Å². The molecule has 1 aromatic carbocycles. The second-order valence-corrected chi connectivity index (χ2v) is 9.53. The van der Waals surface area contributed by atoms with Crippen LogP contribution >= 0.6 is 22.9 Å². The van der Waals surface area contributed by atoms with Gasteiger partial charge in [0, 0.05) is 12.6 Å². The number of nitrogens with two attached hydrogens (primary N) is 1. The molecule has 0 aliphatic rings. The fraction of sp³-hybridized carbons (Fsp3) is 0.471. The number of nitrogens with zero attached hydrogens (tertiary/aromatic N) is 1. The van der Waals surface area contributed by atoms with Gasteiger partial charge in [0.1, 0.15) is 10.7 Å². The van der Waals surface area contributed by atoms with E-state index in [1.54, 1.807) is 0 Å². The number of nitrogens with one attached hydrogen (secondary N) is 3. The number of hydrogen-bond donors (Lipinski definition) is 4. The van der Waals surface area contributed by atoms with Crippen LogP contribution in [0.15, 0.2) is 23.2 Å². The van der Waals surface area contributed by atoms with Gasteiger partial charge in [0.2, 0.25) is 0 Å². The molecule has 162 valence electrons. The van der Waals surface area contributed by atoms with Crippen LogP contribution in [0.3, 0.4) is 0 Å². The maximum absolute atomic E-state index is 14.4. The number of thiazole rings is 1. The summed E-state index contributed by atoms with van der Waals surface area (Å²) in [5, 5.41) is 5.49. The molecule has 0 radical (unpaired) electrons. The van der Waals surface area contributed by atoms with Crippen LogP contribution in [0.5, 0.6) is 0 Å². The number of sulfonamides is 1. The number of hydrogen-bond acceptors (Lipinski definition) is 7. The zero-order chi connectivity index (χ0) is 21.4. The SMILES string of the molecule is C[C@@H](N)CCNCCCCNc1cc(F)c(S(=O)(=O)Nc2ncc(F)s2)cc1Cl. The fourth-order valence-corrected chi connectivity index (χ4v) is 4.56. The van der Waals surface area contributed by atoms with Gasteiger partial charge in [-0.25, -0.2) is 17.8 Å². The maximum Gasteiger partial charge on any atom is 0.266 e. The molecule has 1 atom stereocenters. The third kappa shape index (κ3) is 7.67. The van der Waals surface area contributed by atoms with Gasteiger partial charge in [0.05, 0.1) is 16.9 Å². The van der Waals surface area contributed by atoms with Crippen molar-refractivity contribution in [2.45, 2.75) is 37.1 Å². The lowest BCUT2D eigenvalue weighted by atomic mass is 10.2. The van der Waals surface area contributed by atoms with E-state index in [1.165, 1.54) is 0 Å². The summed E-state index contributed by atoms with van der Waals surface area (Å²) < 4.78 is 54.0. The van der Waals surface area contributed by atoms with E-state index < -0.39 is 25.9 Å². The van der Waals surface area contributed by atoms with Gasteiger partial charge in [-0.3, -0.25) is 4.72 Å². The molecule has 5 N–H and O–H groups in total. The minimum atomic E-state index is -4.29. The average Bonchev–Trinajstić information content (AvgIpc) is 3.03. The normalized spacial score (nSPS) is 12.7. The van der Waals surface area contributed by atoms with Gasteiger partial charge in [-0.15, -0.1) is 0 Å². The molecule has 0 bridgehead atoms. The Hall–Kier alpha value is -1.53. The van der Waals surface area contributed by atoms with Gasteiger partial charge in [-0.05, 0) is 51.4 Å². The molecule has 12 heteroatoms. The highest BCUT2D eigenvalue weighted by Gasteiger charge is 2.23. The third-order valence-corrected chi connectivity index (χ3v) is 6.38. The van der Waals surface area contributed by atoms with Gasteiger partial charge in [0.25, 0.3) is 10.0 Å². The van der Waals surface area contributed by atoms with Crippen LogP contribution in [0.4, 0.5) is 19.6 Å². The zero-order valence-corrected chi connectivity index (χ0v) is 18.2. The molecule has 1 heterocycles. The molecule has 2 aromatic rings. The third-order valence-electron chi connectivity index (χ3n) is 3.88. The van der Waals surface area contributed by atoms with E-state index in [2.05, 4.69) is 15.6 Å². The average molecular weight is 468 g/mol. The fourth-order valence-electron chi connectivity index (χ4n) is 2.39. The largest absolute Gasteiger partial charge is 0.384 e. The van der Waals surface area contributed by atoms with Crippen molar-refractivity contribution in [3.8, 4) is 0 Å². The Bertz CT molecular complexity index is 909. The van der Waals surface area contributed by atoms with Crippen molar-refractivity contribution in [2.75, 3.05) is 29.7 Å². The molecular formula is C17H24ClF2N5O2S2. The van der Waals surface area contributed by atoms with Crippen LogP contribution in [0, 0.1) is 10.9 Å². The summed E-state index contributed by atoms with van der Waals surface area (Å²) >= 11 is 6.60. The molecule has 29 heavy (non-hydrogen) atoms. The lowest BCUT2D eigenvalue weighted by molar-refractivity contribution is 0.568. The second kappa shape index (κ2) is 11.0. The molecule has 0 spiro atoms. The van der Waals surface area contributed by atoms with Crippen molar-refractivity contribution in [1.29, 1.82) is 0 Å². The lowest BCUT2D eigenvalue weighted by Gasteiger charge is -2.12. The van der Waals surface area contributed by atoms with Crippen LogP contribution in [0.25, 0.3) is 0 Å². The molecular weight excluding hydrogens is 444 g/mol. The van der Waals surface area contributed by atoms with Gasteiger partial charge in [-0.2, -0.15) is 4.39 Å². The highest BCUT2D eigenvalue weighted by molar-refractivity contribution is 7.93. The highest BCUT2D eigenvalue weighted by Crippen LogP contribution is 2.29. The first kappa shape index (κ1) is 23.7. The molecule has 0 fully saturated rings. The Morgan fingerprint density at radius 2 is 1.97 bits per heavy atom. The Kier molecular flexibility index (Phi) is 9.03. The molecule has 0 saturated carbocycles. The van der Waals surface area contributed by atoms with Crippen molar-refractivity contribution < 1.29 is 17.2 Å². The van der Waals surface area contributed by atoms with Crippen LogP contribution in [0.2, 0.25) is 5.02 Å². The lowest BCUT2D eigenvalue weighted by Crippen LogP contribution is -2.24.